The normalized spacial score (nSPS) is 5.09. The van der Waals surface area contributed by atoms with Gasteiger partial charge in [-0.05, 0) is 0 Å². The van der Waals surface area contributed by atoms with Crippen LogP contribution in [0.1, 0.15) is 0 Å². The second-order valence-electron chi connectivity index (χ2n) is 1.06. The smallest absolute Gasteiger partial charge is 0.329 e. The summed E-state index contributed by atoms with van der Waals surface area (Å²) in [5, 5.41) is 7.51. The van der Waals surface area contributed by atoms with Gasteiger partial charge in [0.15, 0.2) is 0 Å². The Balaban J connectivity index is -0.000000114. The predicted molar refractivity (Wildman–Crippen MR) is 43.8 cm³/mol. The molecule has 0 aromatic carbocycles. The van der Waals surface area contributed by atoms with Gasteiger partial charge in [0.25, 0.3) is 0 Å². The van der Waals surface area contributed by atoms with Gasteiger partial charge in [0.1, 0.15) is 0 Å². The molecular weight excluding hydrogens is 169 g/mol. The first-order chi connectivity index (χ1) is 4.72. The predicted octanol–water partition coefficient (Wildman–Crippen LogP) is 0.661. The fraction of sp³-hybridized carbons (Fsp3) is 0.143. The van der Waals surface area contributed by atoms with E-state index in [9.17, 15) is 4.79 Å². The van der Waals surface area contributed by atoms with Crippen LogP contribution >= 0.6 is 0 Å². The molecule has 4 heteroatoms. The van der Waals surface area contributed by atoms with E-state index in [1.165, 1.54) is 13.2 Å². The number of ether oxygens (including phenoxy) is 1. The molecule has 0 aliphatic rings. The Morgan fingerprint density at radius 2 is 2.00 bits per heavy atom. The number of nitriles is 1. The molecule has 0 N–H and O–H groups in total. The number of carbonyl (C=O) groups is 1. The van der Waals surface area contributed by atoms with Gasteiger partial charge < -0.3 is 4.74 Å². The van der Waals surface area contributed by atoms with Gasteiger partial charge in [-0.3, -0.25) is 0 Å². The zero-order valence-electron chi connectivity index (χ0n) is 6.83. The molecule has 0 spiro atoms. The second-order valence-corrected chi connectivity index (χ2v) is 1.06. The molecule has 0 aromatic heterocycles. The second kappa shape index (κ2) is 16.6. The van der Waals surface area contributed by atoms with Gasteiger partial charge in [-0.1, -0.05) is 13.2 Å². The van der Waals surface area contributed by atoms with Crippen molar-refractivity contribution in [1.82, 2.24) is 0 Å². The molecule has 0 amide bonds. The standard InChI is InChI=1S/C4H6O2.C3H3N.K/c1-3-4(5)6-2;1-2-3-4;/h3H,1H2,2H3;2H,1H2;. The van der Waals surface area contributed by atoms with Crippen LogP contribution in [-0.4, -0.2) is 64.5 Å². The van der Waals surface area contributed by atoms with Crippen LogP contribution in [0.4, 0.5) is 0 Å². The summed E-state index contributed by atoms with van der Waals surface area (Å²) in [6, 6.07) is 1.69. The van der Waals surface area contributed by atoms with Crippen LogP contribution in [0.5, 0.6) is 0 Å². The van der Waals surface area contributed by atoms with E-state index in [1.807, 2.05) is 0 Å². The minimum Gasteiger partial charge on any atom is -0.466 e. The van der Waals surface area contributed by atoms with Crippen molar-refractivity contribution in [2.45, 2.75) is 0 Å². The fourth-order valence-corrected chi connectivity index (χ4v) is 0.0833. The largest absolute Gasteiger partial charge is 0.466 e. The van der Waals surface area contributed by atoms with Gasteiger partial charge in [-0.15, -0.1) is 0 Å². The SMILES string of the molecule is C=CC#N.C=CC(=O)OC.[K]. The zero-order valence-corrected chi connectivity index (χ0v) is 9.96. The molecule has 0 unspecified atom stereocenters. The van der Waals surface area contributed by atoms with Crippen LogP contribution in [0, 0.1) is 11.3 Å². The van der Waals surface area contributed by atoms with Crippen LogP contribution in [-0.2, 0) is 9.53 Å². The van der Waals surface area contributed by atoms with Crippen molar-refractivity contribution in [3.05, 3.63) is 25.3 Å². The maximum Gasteiger partial charge on any atom is 0.329 e. The van der Waals surface area contributed by atoms with E-state index in [2.05, 4.69) is 17.9 Å². The summed E-state index contributed by atoms with van der Waals surface area (Å²) in [6.45, 7) is 6.27. The van der Waals surface area contributed by atoms with Gasteiger partial charge >= 0.3 is 5.97 Å². The number of allylic oxidation sites excluding steroid dienone is 1. The van der Waals surface area contributed by atoms with Crippen LogP contribution in [0.2, 0.25) is 0 Å². The van der Waals surface area contributed by atoms with E-state index < -0.39 is 5.97 Å². The fourth-order valence-electron chi connectivity index (χ4n) is 0.0833. The van der Waals surface area contributed by atoms with Gasteiger partial charge in [0.2, 0.25) is 0 Å². The Morgan fingerprint density at radius 1 is 1.64 bits per heavy atom. The topological polar surface area (TPSA) is 50.1 Å². The first kappa shape index (κ1) is 17.2. The summed E-state index contributed by atoms with van der Waals surface area (Å²) in [4.78, 5) is 9.84. The number of rotatable bonds is 1. The molecule has 0 aliphatic heterocycles. The summed E-state index contributed by atoms with van der Waals surface area (Å²) >= 11 is 0. The van der Waals surface area contributed by atoms with Crippen LogP contribution in [0.15, 0.2) is 25.3 Å². The average molecular weight is 178 g/mol. The number of esters is 1. The third-order valence-electron chi connectivity index (χ3n) is 0.459. The quantitative estimate of drug-likeness (QED) is 0.256. The first-order valence-electron chi connectivity index (χ1n) is 2.43. The molecule has 0 heterocycles. The third kappa shape index (κ3) is 25.5. The van der Waals surface area contributed by atoms with Gasteiger partial charge in [0.05, 0.1) is 13.2 Å². The Bertz CT molecular complexity index is 160. The van der Waals surface area contributed by atoms with Crippen molar-refractivity contribution in [3.8, 4) is 6.07 Å². The number of hydrogen-bond donors (Lipinski definition) is 0. The van der Waals surface area contributed by atoms with Gasteiger partial charge in [-0.25, -0.2) is 4.79 Å². The summed E-state index contributed by atoms with van der Waals surface area (Å²) in [6.07, 6.45) is 2.29. The minimum atomic E-state index is -0.394. The molecule has 0 aromatic rings. The van der Waals surface area contributed by atoms with E-state index in [1.54, 1.807) is 6.07 Å². The first-order valence-corrected chi connectivity index (χ1v) is 2.43. The monoisotopic (exact) mass is 178 g/mol. The summed E-state index contributed by atoms with van der Waals surface area (Å²) in [7, 11) is 1.31. The average Bonchev–Trinajstić information content (AvgIpc) is 2.03. The Morgan fingerprint density at radius 3 is 2.00 bits per heavy atom. The molecule has 0 aliphatic carbocycles. The molecule has 0 fully saturated rings. The zero-order chi connectivity index (χ0) is 8.41. The molecule has 0 saturated carbocycles. The van der Waals surface area contributed by atoms with Gasteiger partial charge in [0, 0.05) is 63.5 Å². The van der Waals surface area contributed by atoms with Crippen molar-refractivity contribution >= 4 is 57.4 Å². The molecule has 55 valence electrons. The molecule has 0 saturated heterocycles. The van der Waals surface area contributed by atoms with Crippen LogP contribution < -0.4 is 0 Å². The van der Waals surface area contributed by atoms with Crippen molar-refractivity contribution in [3.63, 3.8) is 0 Å². The molecule has 3 nitrogen and oxygen atoms in total. The molecule has 11 heavy (non-hydrogen) atoms. The van der Waals surface area contributed by atoms with Crippen molar-refractivity contribution in [1.29, 1.82) is 5.26 Å². The van der Waals surface area contributed by atoms with Crippen LogP contribution in [0.25, 0.3) is 0 Å². The maximum atomic E-state index is 9.84. The van der Waals surface area contributed by atoms with E-state index in [4.69, 9.17) is 5.26 Å². The number of carbonyl (C=O) groups excluding carboxylic acids is 1. The van der Waals surface area contributed by atoms with E-state index in [-0.39, 0.29) is 51.4 Å². The Kier molecular flexibility index (Phi) is 26.0. The van der Waals surface area contributed by atoms with E-state index in [0.717, 1.165) is 6.08 Å². The molecule has 1 radical (unpaired) electrons. The van der Waals surface area contributed by atoms with Crippen molar-refractivity contribution < 1.29 is 9.53 Å². The maximum absolute atomic E-state index is 9.84. The van der Waals surface area contributed by atoms with Crippen LogP contribution in [0.3, 0.4) is 0 Å². The Hall–Kier alpha value is 0.0764. The minimum absolute atomic E-state index is 0. The van der Waals surface area contributed by atoms with E-state index >= 15 is 0 Å². The van der Waals surface area contributed by atoms with E-state index in [0.29, 0.717) is 0 Å². The number of methoxy groups -OCH3 is 1. The third-order valence-corrected chi connectivity index (χ3v) is 0.459. The Labute approximate surface area is 109 Å². The molecule has 0 atom stereocenters. The summed E-state index contributed by atoms with van der Waals surface area (Å²) in [5.41, 5.74) is 0. The summed E-state index contributed by atoms with van der Waals surface area (Å²) in [5.74, 6) is -0.394. The molecular formula is C7H9KNO2. The van der Waals surface area contributed by atoms with Crippen molar-refractivity contribution in [2.24, 2.45) is 0 Å². The molecule has 0 bridgehead atoms. The van der Waals surface area contributed by atoms with Crippen molar-refractivity contribution in [2.75, 3.05) is 7.11 Å². The molecule has 0 rings (SSSR count). The summed E-state index contributed by atoms with van der Waals surface area (Å²) < 4.78 is 4.14. The van der Waals surface area contributed by atoms with Gasteiger partial charge in [-0.2, -0.15) is 5.26 Å². The number of nitrogens with zero attached hydrogens (tertiary/aromatic N) is 1. The number of hydrogen-bond acceptors (Lipinski definition) is 3.